The molecule has 0 saturated carbocycles. The van der Waals surface area contributed by atoms with E-state index in [1.807, 2.05) is 48.2 Å². The van der Waals surface area contributed by atoms with Crippen LogP contribution in [0, 0.1) is 12.8 Å². The third-order valence-corrected chi connectivity index (χ3v) is 6.07. The van der Waals surface area contributed by atoms with Gasteiger partial charge in [0.25, 0.3) is 5.91 Å². The van der Waals surface area contributed by atoms with E-state index < -0.39 is 12.1 Å². The van der Waals surface area contributed by atoms with Crippen LogP contribution in [-0.2, 0) is 16.1 Å². The molecule has 1 aromatic carbocycles. The van der Waals surface area contributed by atoms with Gasteiger partial charge in [0, 0.05) is 12.1 Å². The van der Waals surface area contributed by atoms with Crippen LogP contribution in [0.2, 0.25) is 0 Å². The average molecular weight is 482 g/mol. The zero-order valence-electron chi connectivity index (χ0n) is 19.2. The van der Waals surface area contributed by atoms with Crippen molar-refractivity contribution in [1.29, 1.82) is 0 Å². The lowest BCUT2D eigenvalue weighted by atomic mass is 9.82. The molecule has 0 radical (unpaired) electrons. The van der Waals surface area contributed by atoms with E-state index in [0.29, 0.717) is 5.92 Å². The third-order valence-electron chi connectivity index (χ3n) is 6.07. The van der Waals surface area contributed by atoms with Crippen molar-refractivity contribution < 1.29 is 37.0 Å². The highest BCUT2D eigenvalue weighted by atomic mass is 19.4. The fourth-order valence-electron chi connectivity index (χ4n) is 4.26. The number of nitrogens with zero attached hydrogens (tertiary/aromatic N) is 2. The number of carboxylic acid groups (broad SMARTS) is 1. The summed E-state index contributed by atoms with van der Waals surface area (Å²) in [5.74, 6) is -1.10. The second kappa shape index (κ2) is 10.6. The van der Waals surface area contributed by atoms with Crippen molar-refractivity contribution in [3.63, 3.8) is 0 Å². The molecule has 34 heavy (non-hydrogen) atoms. The summed E-state index contributed by atoms with van der Waals surface area (Å²) in [5, 5.41) is 7.12. The molecule has 1 aromatic heterocycles. The van der Waals surface area contributed by atoms with Gasteiger partial charge in [-0.25, -0.2) is 4.79 Å². The second-order valence-corrected chi connectivity index (χ2v) is 8.95. The van der Waals surface area contributed by atoms with Crippen molar-refractivity contribution in [2.24, 2.45) is 5.92 Å². The Bertz CT molecular complexity index is 961. The number of carboxylic acids is 1. The molecule has 0 aliphatic carbocycles. The summed E-state index contributed by atoms with van der Waals surface area (Å²) in [4.78, 5) is 25.8. The smallest absolute Gasteiger partial charge is 0.475 e. The largest absolute Gasteiger partial charge is 0.490 e. The van der Waals surface area contributed by atoms with Crippen molar-refractivity contribution in [3.8, 4) is 0 Å². The van der Waals surface area contributed by atoms with Crippen LogP contribution in [0.4, 0.5) is 13.2 Å². The van der Waals surface area contributed by atoms with Gasteiger partial charge in [0.05, 0.1) is 32.5 Å². The van der Waals surface area contributed by atoms with E-state index in [9.17, 15) is 18.0 Å². The summed E-state index contributed by atoms with van der Waals surface area (Å²) in [6, 6.07) is 11.7. The van der Waals surface area contributed by atoms with Crippen LogP contribution >= 0.6 is 0 Å². The highest BCUT2D eigenvalue weighted by Gasteiger charge is 2.48. The molecule has 1 N–H and O–H groups in total. The van der Waals surface area contributed by atoms with E-state index in [2.05, 4.69) is 11.9 Å². The molecule has 2 saturated heterocycles. The van der Waals surface area contributed by atoms with Gasteiger partial charge in [-0.3, -0.25) is 9.69 Å². The predicted octanol–water partition coefficient (Wildman–Crippen LogP) is 3.97. The monoisotopic (exact) mass is 482 g/mol. The summed E-state index contributed by atoms with van der Waals surface area (Å²) < 4.78 is 43.4. The molecule has 2 aliphatic rings. The Morgan fingerprint density at radius 1 is 1.21 bits per heavy atom. The number of benzene rings is 1. The molecule has 10 heteroatoms. The maximum atomic E-state index is 12.7. The molecule has 4 rings (SSSR count). The van der Waals surface area contributed by atoms with Gasteiger partial charge in [-0.1, -0.05) is 18.2 Å². The first-order valence-corrected chi connectivity index (χ1v) is 11.0. The summed E-state index contributed by atoms with van der Waals surface area (Å²) in [5.41, 5.74) is 1.72. The Morgan fingerprint density at radius 3 is 2.41 bits per heavy atom. The number of aliphatic carboxylic acids is 1. The molecule has 2 fully saturated rings. The van der Waals surface area contributed by atoms with E-state index >= 15 is 0 Å². The number of alkyl halides is 3. The second-order valence-electron chi connectivity index (χ2n) is 8.95. The SMILES string of the molecule is Cc1ccccc1C(=O)N1CC2(CCC(CN(C)Cc3ccco3)CO2)C1.O=C(O)C(F)(F)F. The fourth-order valence-corrected chi connectivity index (χ4v) is 4.26. The van der Waals surface area contributed by atoms with Crippen LogP contribution in [0.25, 0.3) is 0 Å². The first kappa shape index (κ1) is 25.8. The van der Waals surface area contributed by atoms with Gasteiger partial charge in [0.15, 0.2) is 0 Å². The Morgan fingerprint density at radius 2 is 1.88 bits per heavy atom. The minimum atomic E-state index is -5.08. The summed E-state index contributed by atoms with van der Waals surface area (Å²) >= 11 is 0. The number of amides is 1. The maximum Gasteiger partial charge on any atom is 0.490 e. The first-order valence-electron chi connectivity index (χ1n) is 11.0. The average Bonchev–Trinajstić information content (AvgIpc) is 3.25. The molecule has 1 spiro atoms. The van der Waals surface area contributed by atoms with Gasteiger partial charge in [-0.05, 0) is 56.5 Å². The molecular weight excluding hydrogens is 453 g/mol. The number of furan rings is 1. The van der Waals surface area contributed by atoms with Crippen molar-refractivity contribution in [1.82, 2.24) is 9.80 Å². The Balaban J connectivity index is 0.000000406. The van der Waals surface area contributed by atoms with Gasteiger partial charge < -0.3 is 19.2 Å². The van der Waals surface area contributed by atoms with Crippen LogP contribution in [-0.4, -0.2) is 71.8 Å². The van der Waals surface area contributed by atoms with Crippen LogP contribution in [0.15, 0.2) is 47.1 Å². The lowest BCUT2D eigenvalue weighted by molar-refractivity contribution is -0.192. The third kappa shape index (κ3) is 6.60. The van der Waals surface area contributed by atoms with Gasteiger partial charge in [0.1, 0.15) is 11.4 Å². The predicted molar refractivity (Wildman–Crippen MR) is 117 cm³/mol. The molecule has 7 nitrogen and oxygen atoms in total. The Hall–Kier alpha value is -2.85. The summed E-state index contributed by atoms with van der Waals surface area (Å²) in [7, 11) is 2.12. The molecule has 0 bridgehead atoms. The van der Waals surface area contributed by atoms with E-state index in [1.54, 1.807) is 6.26 Å². The number of hydrogen-bond donors (Lipinski definition) is 1. The van der Waals surface area contributed by atoms with E-state index in [0.717, 1.165) is 62.5 Å². The van der Waals surface area contributed by atoms with Crippen molar-refractivity contribution in [2.75, 3.05) is 33.3 Å². The number of aryl methyl sites for hydroxylation is 1. The normalized spacial score (nSPS) is 19.4. The lowest BCUT2D eigenvalue weighted by Crippen LogP contribution is -2.66. The van der Waals surface area contributed by atoms with Crippen LogP contribution in [0.5, 0.6) is 0 Å². The quantitative estimate of drug-likeness (QED) is 0.695. The minimum absolute atomic E-state index is 0.117. The first-order chi connectivity index (χ1) is 16.0. The number of carbonyl (C=O) groups is 2. The lowest BCUT2D eigenvalue weighted by Gasteiger charge is -2.53. The van der Waals surface area contributed by atoms with E-state index in [4.69, 9.17) is 19.1 Å². The number of halogens is 3. The molecule has 3 heterocycles. The summed E-state index contributed by atoms with van der Waals surface area (Å²) in [6.45, 7) is 6.03. The van der Waals surface area contributed by atoms with Crippen LogP contribution < -0.4 is 0 Å². The Kier molecular flexibility index (Phi) is 8.04. The fraction of sp³-hybridized carbons (Fsp3) is 0.500. The van der Waals surface area contributed by atoms with Gasteiger partial charge >= 0.3 is 12.1 Å². The molecule has 1 unspecified atom stereocenters. The summed E-state index contributed by atoms with van der Waals surface area (Å²) in [6.07, 6.45) is -1.18. The molecule has 186 valence electrons. The minimum Gasteiger partial charge on any atom is -0.475 e. The Labute approximate surface area is 196 Å². The zero-order chi connectivity index (χ0) is 24.9. The number of carbonyl (C=O) groups excluding carboxylic acids is 1. The van der Waals surface area contributed by atoms with Crippen molar-refractivity contribution >= 4 is 11.9 Å². The highest BCUT2D eigenvalue weighted by Crippen LogP contribution is 2.37. The topological polar surface area (TPSA) is 83.2 Å². The number of likely N-dealkylation sites (tertiary alicyclic amines) is 1. The number of rotatable bonds is 5. The molecule has 1 amide bonds. The van der Waals surface area contributed by atoms with Crippen molar-refractivity contribution in [2.45, 2.75) is 38.1 Å². The standard InChI is InChI=1S/C22H28N2O3.C2HF3O2/c1-17-6-3-4-8-20(17)21(25)24-15-22(16-24)10-9-18(14-27-22)12-23(2)13-19-7-5-11-26-19;3-2(4,5)1(6)7/h3-8,11,18H,9-10,12-16H2,1-2H3;(H,6,7). The van der Waals surface area contributed by atoms with E-state index in [1.165, 1.54) is 0 Å². The van der Waals surface area contributed by atoms with Crippen LogP contribution in [0.1, 0.15) is 34.5 Å². The highest BCUT2D eigenvalue weighted by molar-refractivity contribution is 5.96. The maximum absolute atomic E-state index is 12.7. The van der Waals surface area contributed by atoms with Gasteiger partial charge in [-0.15, -0.1) is 0 Å². The number of ether oxygens (including phenoxy) is 1. The number of hydrogen-bond acceptors (Lipinski definition) is 5. The zero-order valence-corrected chi connectivity index (χ0v) is 19.2. The van der Waals surface area contributed by atoms with Gasteiger partial charge in [0.2, 0.25) is 0 Å². The van der Waals surface area contributed by atoms with Crippen LogP contribution in [0.3, 0.4) is 0 Å². The molecule has 2 aliphatic heterocycles. The van der Waals surface area contributed by atoms with E-state index in [-0.39, 0.29) is 11.5 Å². The van der Waals surface area contributed by atoms with Gasteiger partial charge in [-0.2, -0.15) is 13.2 Å². The molecular formula is C24H29F3N2O5. The van der Waals surface area contributed by atoms with Crippen molar-refractivity contribution in [3.05, 3.63) is 59.5 Å². The molecule has 2 aromatic rings. The molecule has 1 atom stereocenters.